The van der Waals surface area contributed by atoms with Crippen molar-refractivity contribution in [1.82, 2.24) is 10.2 Å². The van der Waals surface area contributed by atoms with E-state index in [9.17, 15) is 0 Å². The largest absolute Gasteiger partial charge is 0.473 e. The molecular weight excluding hydrogens is 316 g/mol. The minimum Gasteiger partial charge on any atom is -0.473 e. The second-order valence-electron chi connectivity index (χ2n) is 6.05. The molecule has 146 valence electrons. The van der Waals surface area contributed by atoms with Gasteiger partial charge in [0.15, 0.2) is 0 Å². The molecule has 1 heterocycles. The second-order valence-corrected chi connectivity index (χ2v) is 6.05. The van der Waals surface area contributed by atoms with Crippen molar-refractivity contribution in [3.05, 3.63) is 17.8 Å². The number of rotatable bonds is 8. The molecule has 5 heteroatoms. The normalized spacial score (nSPS) is 20.8. The van der Waals surface area contributed by atoms with E-state index in [-0.39, 0.29) is 6.10 Å². The molecule has 0 radical (unpaired) electrons. The number of nitrogens with zero attached hydrogens (tertiary/aromatic N) is 2. The number of ether oxygens (including phenoxy) is 3. The van der Waals surface area contributed by atoms with Crippen LogP contribution in [0, 0.1) is 11.8 Å². The van der Waals surface area contributed by atoms with Gasteiger partial charge in [-0.25, -0.2) is 0 Å². The molecule has 1 aliphatic carbocycles. The first-order chi connectivity index (χ1) is 12.1. The second kappa shape index (κ2) is 14.0. The van der Waals surface area contributed by atoms with Crippen molar-refractivity contribution in [3.8, 4) is 5.88 Å². The first-order valence-corrected chi connectivity index (χ1v) is 9.63. The Morgan fingerprint density at radius 2 is 1.60 bits per heavy atom. The van der Waals surface area contributed by atoms with Crippen LogP contribution >= 0.6 is 0 Å². The van der Waals surface area contributed by atoms with Crippen molar-refractivity contribution in [2.45, 2.75) is 73.0 Å². The van der Waals surface area contributed by atoms with E-state index in [0.717, 1.165) is 31.6 Å². The van der Waals surface area contributed by atoms with Crippen molar-refractivity contribution < 1.29 is 14.2 Å². The molecule has 1 aromatic rings. The molecule has 1 aromatic heterocycles. The maximum Gasteiger partial charge on any atom is 0.233 e. The van der Waals surface area contributed by atoms with E-state index in [1.807, 2.05) is 39.8 Å². The number of methoxy groups -OCH3 is 2. The molecule has 0 bridgehead atoms. The predicted molar refractivity (Wildman–Crippen MR) is 103 cm³/mol. The zero-order valence-corrected chi connectivity index (χ0v) is 17.4. The van der Waals surface area contributed by atoms with E-state index in [1.165, 1.54) is 0 Å². The van der Waals surface area contributed by atoms with Gasteiger partial charge in [-0.3, -0.25) is 0 Å². The minimum atomic E-state index is 0.218. The summed E-state index contributed by atoms with van der Waals surface area (Å²) in [6, 6.07) is 3.92. The zero-order chi connectivity index (χ0) is 19.2. The predicted octanol–water partition coefficient (Wildman–Crippen LogP) is 4.55. The lowest BCUT2D eigenvalue weighted by atomic mass is 9.92. The fourth-order valence-electron chi connectivity index (χ4n) is 2.45. The molecule has 1 fully saturated rings. The highest BCUT2D eigenvalue weighted by molar-refractivity contribution is 5.13. The Kier molecular flexibility index (Phi) is 13.3. The summed E-state index contributed by atoms with van der Waals surface area (Å²) in [7, 11) is 3.48. The fraction of sp³-hybridized carbons (Fsp3) is 0.800. The van der Waals surface area contributed by atoms with Gasteiger partial charge in [0.1, 0.15) is 6.10 Å². The third kappa shape index (κ3) is 8.63. The van der Waals surface area contributed by atoms with E-state index < -0.39 is 0 Å². The van der Waals surface area contributed by atoms with Crippen LogP contribution in [0.4, 0.5) is 0 Å². The monoisotopic (exact) mass is 354 g/mol. The van der Waals surface area contributed by atoms with Crippen LogP contribution in [0.3, 0.4) is 0 Å². The third-order valence-corrected chi connectivity index (χ3v) is 4.30. The Bertz CT molecular complexity index is 419. The molecule has 1 aliphatic rings. The fourth-order valence-corrected chi connectivity index (χ4v) is 2.45. The van der Waals surface area contributed by atoms with Gasteiger partial charge in [-0.1, -0.05) is 41.5 Å². The van der Waals surface area contributed by atoms with Crippen LogP contribution in [0.25, 0.3) is 0 Å². The first kappa shape index (κ1) is 23.8. The maximum atomic E-state index is 5.75. The maximum absolute atomic E-state index is 5.75. The van der Waals surface area contributed by atoms with Crippen LogP contribution in [0.1, 0.15) is 60.1 Å². The summed E-state index contributed by atoms with van der Waals surface area (Å²) in [5, 5.41) is 8.43. The topological polar surface area (TPSA) is 53.5 Å². The van der Waals surface area contributed by atoms with Gasteiger partial charge in [0.05, 0.1) is 11.8 Å². The molecule has 0 aliphatic heterocycles. The van der Waals surface area contributed by atoms with Crippen LogP contribution in [0.15, 0.2) is 12.1 Å². The Balaban J connectivity index is 0.00000134. The minimum absolute atomic E-state index is 0.218. The summed E-state index contributed by atoms with van der Waals surface area (Å²) in [6.45, 7) is 13.2. The van der Waals surface area contributed by atoms with Crippen molar-refractivity contribution >= 4 is 0 Å². The van der Waals surface area contributed by atoms with Gasteiger partial charge in [-0.2, -0.15) is 5.10 Å². The SMILES string of the molecule is CC.CC.COCC(C)C(C)Cc1ccc(OC2CC(OC)C2)nn1. The molecule has 1 saturated carbocycles. The summed E-state index contributed by atoms with van der Waals surface area (Å²) in [4.78, 5) is 0. The number of aromatic nitrogens is 2. The van der Waals surface area contributed by atoms with Crippen LogP contribution in [-0.2, 0) is 15.9 Å². The summed E-state index contributed by atoms with van der Waals surface area (Å²) in [5.74, 6) is 1.63. The quantitative estimate of drug-likeness (QED) is 0.685. The molecule has 0 saturated heterocycles. The lowest BCUT2D eigenvalue weighted by Gasteiger charge is -2.33. The molecule has 2 rings (SSSR count). The van der Waals surface area contributed by atoms with Gasteiger partial charge in [0.2, 0.25) is 5.88 Å². The lowest BCUT2D eigenvalue weighted by Crippen LogP contribution is -2.39. The summed E-state index contributed by atoms with van der Waals surface area (Å²) in [6.07, 6.45) is 3.34. The van der Waals surface area contributed by atoms with Gasteiger partial charge < -0.3 is 14.2 Å². The number of hydrogen-bond acceptors (Lipinski definition) is 5. The van der Waals surface area contributed by atoms with E-state index in [0.29, 0.717) is 23.8 Å². The Morgan fingerprint density at radius 3 is 2.08 bits per heavy atom. The Labute approximate surface area is 154 Å². The van der Waals surface area contributed by atoms with Crippen LogP contribution in [-0.4, -0.2) is 43.2 Å². The van der Waals surface area contributed by atoms with Gasteiger partial charge >= 0.3 is 0 Å². The van der Waals surface area contributed by atoms with Gasteiger partial charge in [-0.15, -0.1) is 5.10 Å². The standard InChI is InChI=1S/C16H26N2O3.2C2H6/c1-11(12(2)10-19-3)7-13-5-6-16(18-17-13)21-15-8-14(9-15)20-4;2*1-2/h5-6,11-12,14-15H,7-10H2,1-4H3;2*1-2H3. The van der Waals surface area contributed by atoms with Crippen molar-refractivity contribution in [3.63, 3.8) is 0 Å². The van der Waals surface area contributed by atoms with E-state index >= 15 is 0 Å². The molecule has 2 unspecified atom stereocenters. The van der Waals surface area contributed by atoms with Gasteiger partial charge in [0, 0.05) is 39.7 Å². The number of hydrogen-bond donors (Lipinski definition) is 0. The highest BCUT2D eigenvalue weighted by atomic mass is 16.5. The highest BCUT2D eigenvalue weighted by Gasteiger charge is 2.31. The lowest BCUT2D eigenvalue weighted by molar-refractivity contribution is -0.0399. The zero-order valence-electron chi connectivity index (χ0n) is 17.4. The summed E-state index contributed by atoms with van der Waals surface area (Å²) < 4.78 is 16.2. The van der Waals surface area contributed by atoms with E-state index in [1.54, 1.807) is 14.2 Å². The molecule has 5 nitrogen and oxygen atoms in total. The molecule has 0 aromatic carbocycles. The molecule has 25 heavy (non-hydrogen) atoms. The molecule has 0 N–H and O–H groups in total. The smallest absolute Gasteiger partial charge is 0.233 e. The van der Waals surface area contributed by atoms with E-state index in [4.69, 9.17) is 14.2 Å². The first-order valence-electron chi connectivity index (χ1n) is 9.63. The van der Waals surface area contributed by atoms with Crippen LogP contribution in [0.2, 0.25) is 0 Å². The third-order valence-electron chi connectivity index (χ3n) is 4.30. The van der Waals surface area contributed by atoms with E-state index in [2.05, 4.69) is 24.0 Å². The van der Waals surface area contributed by atoms with Crippen molar-refractivity contribution in [2.75, 3.05) is 20.8 Å². The van der Waals surface area contributed by atoms with Gasteiger partial charge in [-0.05, 0) is 24.3 Å². The van der Waals surface area contributed by atoms with Crippen molar-refractivity contribution in [1.29, 1.82) is 0 Å². The summed E-state index contributed by atoms with van der Waals surface area (Å²) >= 11 is 0. The van der Waals surface area contributed by atoms with Crippen molar-refractivity contribution in [2.24, 2.45) is 11.8 Å². The molecule has 0 spiro atoms. The molecular formula is C20H38N2O3. The van der Waals surface area contributed by atoms with Crippen LogP contribution in [0.5, 0.6) is 5.88 Å². The highest BCUT2D eigenvalue weighted by Crippen LogP contribution is 2.26. The Hall–Kier alpha value is -1.20. The van der Waals surface area contributed by atoms with Crippen LogP contribution < -0.4 is 4.74 Å². The average molecular weight is 355 g/mol. The summed E-state index contributed by atoms with van der Waals surface area (Å²) in [5.41, 5.74) is 1.00. The average Bonchev–Trinajstić information content (AvgIpc) is 2.62. The molecule has 0 amide bonds. The Morgan fingerprint density at radius 1 is 0.960 bits per heavy atom. The molecule has 2 atom stereocenters. The van der Waals surface area contributed by atoms with Gasteiger partial charge in [0.25, 0.3) is 0 Å².